The quantitative estimate of drug-likeness (QED) is 0.881. The van der Waals surface area contributed by atoms with E-state index in [1.54, 1.807) is 19.4 Å². The van der Waals surface area contributed by atoms with Crippen LogP contribution in [0.1, 0.15) is 36.1 Å². The molecule has 0 amide bonds. The summed E-state index contributed by atoms with van der Waals surface area (Å²) in [7, 11) is 1.60. The number of benzene rings is 1. The fraction of sp³-hybridized carbons (Fsp3) is 0.353. The average molecular weight is 288 g/mol. The zero-order valence-electron chi connectivity index (χ0n) is 12.7. The number of aryl methyl sites for hydroxylation is 1. The molecule has 1 atom stereocenters. The molecule has 0 radical (unpaired) electrons. The van der Waals surface area contributed by atoms with Gasteiger partial charge in [0, 0.05) is 18.0 Å². The third-order valence-electron chi connectivity index (χ3n) is 3.49. The maximum Gasteiger partial charge on any atom is 0.124 e. The standard InChI is InChI=1S/C17H21FN2O/c1-4-8-20-17(15-11-19-9-7-12(15)2)14-10-13(18)5-6-16(14)21-3/h5-7,9-11,17,20H,4,8H2,1-3H3. The highest BCUT2D eigenvalue weighted by Crippen LogP contribution is 2.31. The first-order valence-electron chi connectivity index (χ1n) is 7.14. The van der Waals surface area contributed by atoms with E-state index in [4.69, 9.17) is 4.74 Å². The molecule has 1 N–H and O–H groups in total. The number of aromatic nitrogens is 1. The molecule has 1 aromatic carbocycles. The zero-order valence-corrected chi connectivity index (χ0v) is 12.7. The summed E-state index contributed by atoms with van der Waals surface area (Å²) in [6.45, 7) is 4.96. The number of hydrogen-bond acceptors (Lipinski definition) is 3. The Bertz CT molecular complexity index is 601. The number of nitrogens with one attached hydrogen (secondary N) is 1. The molecule has 0 bridgehead atoms. The highest BCUT2D eigenvalue weighted by atomic mass is 19.1. The summed E-state index contributed by atoms with van der Waals surface area (Å²) in [5.41, 5.74) is 2.95. The Hall–Kier alpha value is -1.94. The van der Waals surface area contributed by atoms with Gasteiger partial charge < -0.3 is 10.1 Å². The molecule has 1 unspecified atom stereocenters. The fourth-order valence-corrected chi connectivity index (χ4v) is 2.39. The van der Waals surface area contributed by atoms with Crippen LogP contribution in [0.4, 0.5) is 4.39 Å². The maximum absolute atomic E-state index is 13.7. The highest BCUT2D eigenvalue weighted by Gasteiger charge is 2.20. The molecule has 112 valence electrons. The molecule has 0 saturated heterocycles. The first kappa shape index (κ1) is 15.4. The fourth-order valence-electron chi connectivity index (χ4n) is 2.39. The lowest BCUT2D eigenvalue weighted by Gasteiger charge is -2.23. The van der Waals surface area contributed by atoms with Crippen LogP contribution in [0, 0.1) is 12.7 Å². The summed E-state index contributed by atoms with van der Waals surface area (Å²) in [5, 5.41) is 3.46. The largest absolute Gasteiger partial charge is 0.496 e. The van der Waals surface area contributed by atoms with Crippen LogP contribution in [-0.2, 0) is 0 Å². The van der Waals surface area contributed by atoms with E-state index in [0.717, 1.165) is 29.7 Å². The van der Waals surface area contributed by atoms with E-state index in [9.17, 15) is 4.39 Å². The number of ether oxygens (including phenoxy) is 1. The molecule has 0 aliphatic heterocycles. The molecule has 1 aromatic heterocycles. The van der Waals surface area contributed by atoms with Crippen molar-refractivity contribution in [1.29, 1.82) is 0 Å². The summed E-state index contributed by atoms with van der Waals surface area (Å²) in [6.07, 6.45) is 4.58. The molecule has 21 heavy (non-hydrogen) atoms. The van der Waals surface area contributed by atoms with E-state index in [0.29, 0.717) is 5.75 Å². The monoisotopic (exact) mass is 288 g/mol. The van der Waals surface area contributed by atoms with Crippen LogP contribution >= 0.6 is 0 Å². The Morgan fingerprint density at radius 2 is 2.10 bits per heavy atom. The van der Waals surface area contributed by atoms with Gasteiger partial charge in [0.1, 0.15) is 11.6 Å². The number of halogens is 1. The van der Waals surface area contributed by atoms with Gasteiger partial charge in [-0.25, -0.2) is 4.39 Å². The minimum Gasteiger partial charge on any atom is -0.496 e. The summed E-state index contributed by atoms with van der Waals surface area (Å²) in [6, 6.07) is 6.43. The van der Waals surface area contributed by atoms with Crippen LogP contribution in [0.25, 0.3) is 0 Å². The van der Waals surface area contributed by atoms with Crippen molar-refractivity contribution in [2.24, 2.45) is 0 Å². The molecule has 2 rings (SSSR count). The number of methoxy groups -OCH3 is 1. The Morgan fingerprint density at radius 3 is 2.76 bits per heavy atom. The van der Waals surface area contributed by atoms with E-state index in [1.165, 1.54) is 12.1 Å². The number of pyridine rings is 1. The third-order valence-corrected chi connectivity index (χ3v) is 3.49. The van der Waals surface area contributed by atoms with Gasteiger partial charge >= 0.3 is 0 Å². The van der Waals surface area contributed by atoms with E-state index in [2.05, 4.69) is 17.2 Å². The van der Waals surface area contributed by atoms with Crippen LogP contribution in [-0.4, -0.2) is 18.6 Å². The van der Waals surface area contributed by atoms with Gasteiger partial charge in [0.2, 0.25) is 0 Å². The van der Waals surface area contributed by atoms with Crippen molar-refractivity contribution in [3.8, 4) is 5.75 Å². The lowest BCUT2D eigenvalue weighted by atomic mass is 9.95. The number of nitrogens with zero attached hydrogens (tertiary/aromatic N) is 1. The normalized spacial score (nSPS) is 12.2. The van der Waals surface area contributed by atoms with Gasteiger partial charge in [0.05, 0.1) is 13.2 Å². The average Bonchev–Trinajstić information content (AvgIpc) is 2.49. The minimum absolute atomic E-state index is 0.135. The van der Waals surface area contributed by atoms with Crippen molar-refractivity contribution >= 4 is 0 Å². The summed E-state index contributed by atoms with van der Waals surface area (Å²) >= 11 is 0. The van der Waals surface area contributed by atoms with Crippen LogP contribution in [0.3, 0.4) is 0 Å². The molecule has 0 fully saturated rings. The van der Waals surface area contributed by atoms with Crippen molar-refractivity contribution in [1.82, 2.24) is 10.3 Å². The van der Waals surface area contributed by atoms with Crippen molar-refractivity contribution in [3.63, 3.8) is 0 Å². The van der Waals surface area contributed by atoms with E-state index in [-0.39, 0.29) is 11.9 Å². The summed E-state index contributed by atoms with van der Waals surface area (Å²) < 4.78 is 19.1. The van der Waals surface area contributed by atoms with Crippen LogP contribution in [0.5, 0.6) is 5.75 Å². The predicted octanol–water partition coefficient (Wildman–Crippen LogP) is 3.63. The molecule has 0 saturated carbocycles. The van der Waals surface area contributed by atoms with Gasteiger partial charge in [-0.05, 0) is 55.3 Å². The first-order valence-corrected chi connectivity index (χ1v) is 7.14. The molecule has 4 heteroatoms. The van der Waals surface area contributed by atoms with Gasteiger partial charge in [-0.2, -0.15) is 0 Å². The smallest absolute Gasteiger partial charge is 0.124 e. The summed E-state index contributed by atoms with van der Waals surface area (Å²) in [4.78, 5) is 4.20. The van der Waals surface area contributed by atoms with Crippen LogP contribution < -0.4 is 10.1 Å². The highest BCUT2D eigenvalue weighted by molar-refractivity contribution is 5.43. The van der Waals surface area contributed by atoms with Gasteiger partial charge in [-0.1, -0.05) is 6.92 Å². The SMILES string of the molecule is CCCNC(c1cnccc1C)c1cc(F)ccc1OC. The van der Waals surface area contributed by atoms with E-state index < -0.39 is 0 Å². The van der Waals surface area contributed by atoms with Crippen molar-refractivity contribution in [2.45, 2.75) is 26.3 Å². The van der Waals surface area contributed by atoms with Crippen LogP contribution in [0.2, 0.25) is 0 Å². The zero-order chi connectivity index (χ0) is 15.2. The second kappa shape index (κ2) is 7.18. The van der Waals surface area contributed by atoms with Gasteiger partial charge in [0.15, 0.2) is 0 Å². The Kier molecular flexibility index (Phi) is 5.28. The lowest BCUT2D eigenvalue weighted by Crippen LogP contribution is -2.24. The Morgan fingerprint density at radius 1 is 1.29 bits per heavy atom. The molecule has 3 nitrogen and oxygen atoms in total. The predicted molar refractivity (Wildman–Crippen MR) is 82.1 cm³/mol. The Labute approximate surface area is 125 Å². The van der Waals surface area contributed by atoms with E-state index in [1.807, 2.05) is 19.2 Å². The van der Waals surface area contributed by atoms with Crippen LogP contribution in [0.15, 0.2) is 36.7 Å². The van der Waals surface area contributed by atoms with E-state index >= 15 is 0 Å². The van der Waals surface area contributed by atoms with Gasteiger partial charge in [-0.3, -0.25) is 4.98 Å². The van der Waals surface area contributed by atoms with Crippen molar-refractivity contribution in [2.75, 3.05) is 13.7 Å². The molecule has 1 heterocycles. The second-order valence-corrected chi connectivity index (χ2v) is 5.01. The number of rotatable bonds is 6. The molecule has 0 aliphatic carbocycles. The lowest BCUT2D eigenvalue weighted by molar-refractivity contribution is 0.402. The topological polar surface area (TPSA) is 34.2 Å². The van der Waals surface area contributed by atoms with Gasteiger partial charge in [-0.15, -0.1) is 0 Å². The first-order chi connectivity index (χ1) is 10.2. The Balaban J connectivity index is 2.50. The molecule has 2 aromatic rings. The minimum atomic E-state index is -0.268. The third kappa shape index (κ3) is 3.58. The van der Waals surface area contributed by atoms with Gasteiger partial charge in [0.25, 0.3) is 0 Å². The molecular formula is C17H21FN2O. The summed E-state index contributed by atoms with van der Waals surface area (Å²) in [5.74, 6) is 0.406. The van der Waals surface area contributed by atoms with Crippen molar-refractivity contribution in [3.05, 3.63) is 59.2 Å². The number of hydrogen-bond donors (Lipinski definition) is 1. The maximum atomic E-state index is 13.7. The molecule has 0 aliphatic rings. The second-order valence-electron chi connectivity index (χ2n) is 5.01. The molecule has 0 spiro atoms. The van der Waals surface area contributed by atoms with Crippen molar-refractivity contribution < 1.29 is 9.13 Å². The molecular weight excluding hydrogens is 267 g/mol.